The molecule has 0 aromatic heterocycles. The first-order valence-corrected chi connectivity index (χ1v) is 9.89. The van der Waals surface area contributed by atoms with Crippen LogP contribution in [0.15, 0.2) is 41.3 Å². The van der Waals surface area contributed by atoms with E-state index >= 15 is 0 Å². The summed E-state index contributed by atoms with van der Waals surface area (Å²) < 4.78 is 40.2. The van der Waals surface area contributed by atoms with Crippen molar-refractivity contribution in [2.45, 2.75) is 31.6 Å². The second kappa shape index (κ2) is 8.89. The third kappa shape index (κ3) is 5.57. The molecule has 0 heterocycles. The quantitative estimate of drug-likeness (QED) is 0.395. The van der Waals surface area contributed by atoms with E-state index in [9.17, 15) is 27.7 Å². The molecule has 28 heavy (non-hydrogen) atoms. The largest absolute Gasteiger partial charge is 0.326 e. The molecule has 0 aliphatic carbocycles. The molecule has 2 aromatic rings. The number of nitrogens with zero attached hydrogens (tertiary/aromatic N) is 1. The van der Waals surface area contributed by atoms with Gasteiger partial charge < -0.3 is 5.32 Å². The zero-order valence-corrected chi connectivity index (χ0v) is 16.2. The Labute approximate surface area is 162 Å². The summed E-state index contributed by atoms with van der Waals surface area (Å²) in [6.45, 7) is 3.75. The number of amides is 1. The molecule has 10 heteroatoms. The molecular weight excluding hydrogens is 389 g/mol. The Morgan fingerprint density at radius 3 is 2.50 bits per heavy atom. The zero-order chi connectivity index (χ0) is 20.9. The van der Waals surface area contributed by atoms with Crippen LogP contribution in [0.5, 0.6) is 0 Å². The minimum atomic E-state index is -3.67. The van der Waals surface area contributed by atoms with Gasteiger partial charge in [-0.15, -0.1) is 0 Å². The molecule has 0 aliphatic heterocycles. The van der Waals surface area contributed by atoms with Crippen molar-refractivity contribution in [1.82, 2.24) is 4.72 Å². The molecule has 2 aromatic carbocycles. The molecule has 0 fully saturated rings. The van der Waals surface area contributed by atoms with Crippen LogP contribution in [0.2, 0.25) is 0 Å². The number of nitro benzene ring substituents is 1. The lowest BCUT2D eigenvalue weighted by atomic mass is 10.1. The maximum Gasteiger partial charge on any atom is 0.306 e. The van der Waals surface area contributed by atoms with Crippen LogP contribution in [-0.4, -0.2) is 25.8 Å². The van der Waals surface area contributed by atoms with Crippen LogP contribution in [0.4, 0.5) is 15.8 Å². The molecule has 0 saturated heterocycles. The lowest BCUT2D eigenvalue weighted by Crippen LogP contribution is -2.26. The van der Waals surface area contributed by atoms with E-state index < -0.39 is 32.4 Å². The molecule has 0 radical (unpaired) electrons. The van der Waals surface area contributed by atoms with Gasteiger partial charge in [-0.05, 0) is 55.7 Å². The van der Waals surface area contributed by atoms with Crippen molar-refractivity contribution in [2.75, 3.05) is 11.9 Å². The van der Waals surface area contributed by atoms with Gasteiger partial charge in [-0.25, -0.2) is 13.1 Å². The fourth-order valence-electron chi connectivity index (χ4n) is 2.37. The van der Waals surface area contributed by atoms with Crippen molar-refractivity contribution in [2.24, 2.45) is 0 Å². The first-order valence-electron chi connectivity index (χ1n) is 8.41. The second-order valence-corrected chi connectivity index (χ2v) is 7.99. The first-order chi connectivity index (χ1) is 13.1. The van der Waals surface area contributed by atoms with Gasteiger partial charge in [-0.1, -0.05) is 6.07 Å². The van der Waals surface area contributed by atoms with E-state index in [1.165, 1.54) is 12.1 Å². The maximum atomic E-state index is 13.3. The van der Waals surface area contributed by atoms with Gasteiger partial charge in [0.1, 0.15) is 0 Å². The van der Waals surface area contributed by atoms with E-state index in [0.717, 1.165) is 23.3 Å². The monoisotopic (exact) mass is 409 g/mol. The molecule has 2 N–H and O–H groups in total. The van der Waals surface area contributed by atoms with Gasteiger partial charge >= 0.3 is 5.69 Å². The van der Waals surface area contributed by atoms with Gasteiger partial charge in [-0.3, -0.25) is 14.9 Å². The van der Waals surface area contributed by atoms with Crippen LogP contribution < -0.4 is 10.0 Å². The van der Waals surface area contributed by atoms with Gasteiger partial charge in [0.25, 0.3) is 0 Å². The zero-order valence-electron chi connectivity index (χ0n) is 15.4. The molecule has 2 rings (SSSR count). The molecule has 0 aliphatic rings. The minimum absolute atomic E-state index is 0.0133. The van der Waals surface area contributed by atoms with Crippen LogP contribution in [0.1, 0.15) is 24.0 Å². The van der Waals surface area contributed by atoms with Crippen molar-refractivity contribution in [3.63, 3.8) is 0 Å². The predicted octanol–water partition coefficient (Wildman–Crippen LogP) is 3.05. The van der Waals surface area contributed by atoms with E-state index in [0.29, 0.717) is 0 Å². The van der Waals surface area contributed by atoms with Gasteiger partial charge in [0.05, 0.1) is 9.82 Å². The number of nitrogens with one attached hydrogen (secondary N) is 2. The van der Waals surface area contributed by atoms with E-state index in [-0.39, 0.29) is 30.0 Å². The number of halogens is 1. The number of hydrogen-bond donors (Lipinski definition) is 2. The van der Waals surface area contributed by atoms with Crippen LogP contribution in [0, 0.1) is 29.8 Å². The average molecular weight is 409 g/mol. The standard InChI is InChI=1S/C18H20FN3O5S/c1-12-5-7-15(10-13(12)2)28(26,27)20-9-3-4-18(23)21-14-6-8-16(19)17(11-14)22(24)25/h5-8,10-11,20H,3-4,9H2,1-2H3,(H,21,23). The highest BCUT2D eigenvalue weighted by Gasteiger charge is 2.16. The van der Waals surface area contributed by atoms with Crippen LogP contribution in [0.3, 0.4) is 0 Å². The summed E-state index contributed by atoms with van der Waals surface area (Å²) in [5.41, 5.74) is 1.19. The molecule has 150 valence electrons. The number of sulfonamides is 1. The lowest BCUT2D eigenvalue weighted by Gasteiger charge is -2.09. The van der Waals surface area contributed by atoms with E-state index in [4.69, 9.17) is 0 Å². The summed E-state index contributed by atoms with van der Waals surface area (Å²) in [4.78, 5) is 21.9. The molecular formula is C18H20FN3O5S. The minimum Gasteiger partial charge on any atom is -0.326 e. The summed E-state index contributed by atoms with van der Waals surface area (Å²) in [5.74, 6) is -1.46. The lowest BCUT2D eigenvalue weighted by molar-refractivity contribution is -0.387. The number of nitro groups is 1. The van der Waals surface area contributed by atoms with Gasteiger partial charge in [0.15, 0.2) is 0 Å². The van der Waals surface area contributed by atoms with Crippen molar-refractivity contribution in [3.05, 3.63) is 63.5 Å². The molecule has 1 amide bonds. The van der Waals surface area contributed by atoms with E-state index in [2.05, 4.69) is 10.0 Å². The van der Waals surface area contributed by atoms with Crippen LogP contribution in [-0.2, 0) is 14.8 Å². The number of anilines is 1. The Bertz CT molecular complexity index is 1010. The molecule has 0 saturated carbocycles. The third-order valence-corrected chi connectivity index (χ3v) is 5.55. The van der Waals surface area contributed by atoms with Gasteiger partial charge in [0, 0.05) is 24.7 Å². The van der Waals surface area contributed by atoms with Gasteiger partial charge in [0.2, 0.25) is 21.7 Å². The SMILES string of the molecule is Cc1ccc(S(=O)(=O)NCCCC(=O)Nc2ccc(F)c([N+](=O)[O-])c2)cc1C. The summed E-state index contributed by atoms with van der Waals surface area (Å²) in [6, 6.07) is 7.84. The molecule has 0 bridgehead atoms. The topological polar surface area (TPSA) is 118 Å². The first kappa shape index (κ1) is 21.5. The van der Waals surface area contributed by atoms with Crippen molar-refractivity contribution < 1.29 is 22.5 Å². The number of aryl methyl sites for hydroxylation is 2. The van der Waals surface area contributed by atoms with E-state index in [1.807, 2.05) is 13.8 Å². The van der Waals surface area contributed by atoms with Crippen molar-refractivity contribution in [1.29, 1.82) is 0 Å². The number of benzene rings is 2. The number of hydrogen-bond acceptors (Lipinski definition) is 5. The predicted molar refractivity (Wildman–Crippen MR) is 102 cm³/mol. The fourth-order valence-corrected chi connectivity index (χ4v) is 3.53. The Morgan fingerprint density at radius 1 is 1.14 bits per heavy atom. The van der Waals surface area contributed by atoms with Crippen molar-refractivity contribution >= 4 is 27.3 Å². The summed E-state index contributed by atoms with van der Waals surface area (Å²) in [5, 5.41) is 13.1. The van der Waals surface area contributed by atoms with E-state index in [1.54, 1.807) is 12.1 Å². The molecule has 8 nitrogen and oxygen atoms in total. The van der Waals surface area contributed by atoms with Crippen LogP contribution in [0.25, 0.3) is 0 Å². The molecule has 0 atom stereocenters. The van der Waals surface area contributed by atoms with Crippen molar-refractivity contribution in [3.8, 4) is 0 Å². The summed E-state index contributed by atoms with van der Waals surface area (Å²) in [6.07, 6.45) is 0.208. The number of carbonyl (C=O) groups excluding carboxylic acids is 1. The highest BCUT2D eigenvalue weighted by molar-refractivity contribution is 7.89. The molecule has 0 unspecified atom stereocenters. The summed E-state index contributed by atoms with van der Waals surface area (Å²) >= 11 is 0. The smallest absolute Gasteiger partial charge is 0.306 e. The third-order valence-electron chi connectivity index (χ3n) is 4.09. The average Bonchev–Trinajstić information content (AvgIpc) is 2.62. The Hall–Kier alpha value is -2.85. The normalized spacial score (nSPS) is 11.2. The molecule has 0 spiro atoms. The number of carbonyl (C=O) groups is 1. The Morgan fingerprint density at radius 2 is 1.86 bits per heavy atom. The fraction of sp³-hybridized carbons (Fsp3) is 0.278. The summed E-state index contributed by atoms with van der Waals surface area (Å²) in [7, 11) is -3.67. The Kier molecular flexibility index (Phi) is 6.81. The van der Waals surface area contributed by atoms with Gasteiger partial charge in [-0.2, -0.15) is 4.39 Å². The van der Waals surface area contributed by atoms with Crippen LogP contribution >= 0.6 is 0 Å². The highest BCUT2D eigenvalue weighted by atomic mass is 32.2. The highest BCUT2D eigenvalue weighted by Crippen LogP contribution is 2.21. The Balaban J connectivity index is 1.86. The number of rotatable bonds is 8. The second-order valence-electron chi connectivity index (χ2n) is 6.22. The maximum absolute atomic E-state index is 13.3.